The van der Waals surface area contributed by atoms with Crippen LogP contribution in [0.2, 0.25) is 0 Å². The minimum absolute atomic E-state index is 0.0421. The SMILES string of the molecule is CCC(CC)NC(=O)CN[C@@H](C)c1ccccc1OC. The highest BCUT2D eigenvalue weighted by Gasteiger charge is 2.13. The molecule has 1 aromatic rings. The van der Waals surface area contributed by atoms with Crippen molar-refractivity contribution < 1.29 is 9.53 Å². The molecule has 0 saturated heterocycles. The number of carbonyl (C=O) groups excluding carboxylic acids is 1. The summed E-state index contributed by atoms with van der Waals surface area (Å²) in [5.41, 5.74) is 1.06. The van der Waals surface area contributed by atoms with Crippen LogP contribution in [0.3, 0.4) is 0 Å². The minimum atomic E-state index is 0.0421. The average Bonchev–Trinajstić information content (AvgIpc) is 2.50. The van der Waals surface area contributed by atoms with E-state index in [1.165, 1.54) is 0 Å². The Morgan fingerprint density at radius 1 is 1.25 bits per heavy atom. The maximum absolute atomic E-state index is 11.9. The molecule has 0 aromatic heterocycles. The number of ether oxygens (including phenoxy) is 1. The van der Waals surface area contributed by atoms with Gasteiger partial charge in [0.1, 0.15) is 5.75 Å². The predicted molar refractivity (Wildman–Crippen MR) is 81.9 cm³/mol. The third-order valence-corrected chi connectivity index (χ3v) is 3.52. The van der Waals surface area contributed by atoms with Gasteiger partial charge in [0.05, 0.1) is 13.7 Å². The fourth-order valence-electron chi connectivity index (χ4n) is 2.15. The first-order valence-corrected chi connectivity index (χ1v) is 7.28. The highest BCUT2D eigenvalue weighted by Crippen LogP contribution is 2.23. The Balaban J connectivity index is 2.50. The molecule has 2 N–H and O–H groups in total. The molecule has 4 nitrogen and oxygen atoms in total. The zero-order valence-corrected chi connectivity index (χ0v) is 12.9. The van der Waals surface area contributed by atoms with Crippen LogP contribution in [-0.4, -0.2) is 25.6 Å². The van der Waals surface area contributed by atoms with Gasteiger partial charge in [0.2, 0.25) is 5.91 Å². The van der Waals surface area contributed by atoms with E-state index in [2.05, 4.69) is 24.5 Å². The zero-order valence-electron chi connectivity index (χ0n) is 12.9. The van der Waals surface area contributed by atoms with Crippen molar-refractivity contribution >= 4 is 5.91 Å². The molecule has 0 spiro atoms. The molecule has 0 aliphatic heterocycles. The first-order valence-electron chi connectivity index (χ1n) is 7.28. The quantitative estimate of drug-likeness (QED) is 0.768. The van der Waals surface area contributed by atoms with Gasteiger partial charge in [-0.1, -0.05) is 32.0 Å². The molecule has 0 aliphatic rings. The lowest BCUT2D eigenvalue weighted by Gasteiger charge is -2.19. The molecule has 1 atom stereocenters. The second kappa shape index (κ2) is 8.59. The van der Waals surface area contributed by atoms with E-state index < -0.39 is 0 Å². The molecule has 20 heavy (non-hydrogen) atoms. The van der Waals surface area contributed by atoms with Gasteiger partial charge >= 0.3 is 0 Å². The van der Waals surface area contributed by atoms with E-state index in [4.69, 9.17) is 4.74 Å². The van der Waals surface area contributed by atoms with E-state index in [1.807, 2.05) is 31.2 Å². The summed E-state index contributed by atoms with van der Waals surface area (Å²) in [6, 6.07) is 8.19. The molecule has 0 unspecified atom stereocenters. The van der Waals surface area contributed by atoms with Crippen molar-refractivity contribution in [3.05, 3.63) is 29.8 Å². The summed E-state index contributed by atoms with van der Waals surface area (Å²) < 4.78 is 5.33. The molecule has 112 valence electrons. The Morgan fingerprint density at radius 3 is 2.50 bits per heavy atom. The average molecular weight is 278 g/mol. The van der Waals surface area contributed by atoms with E-state index >= 15 is 0 Å². The van der Waals surface area contributed by atoms with Crippen LogP contribution in [-0.2, 0) is 4.79 Å². The number of nitrogens with one attached hydrogen (secondary N) is 2. The summed E-state index contributed by atoms with van der Waals surface area (Å²) in [4.78, 5) is 11.9. The van der Waals surface area contributed by atoms with Crippen LogP contribution in [0.15, 0.2) is 24.3 Å². The van der Waals surface area contributed by atoms with E-state index in [1.54, 1.807) is 7.11 Å². The molecular formula is C16H26N2O2. The monoisotopic (exact) mass is 278 g/mol. The number of carbonyl (C=O) groups is 1. The molecule has 0 aliphatic carbocycles. The highest BCUT2D eigenvalue weighted by molar-refractivity contribution is 5.78. The Morgan fingerprint density at radius 2 is 1.90 bits per heavy atom. The Bertz CT molecular complexity index is 417. The van der Waals surface area contributed by atoms with Crippen molar-refractivity contribution in [2.75, 3.05) is 13.7 Å². The van der Waals surface area contributed by atoms with E-state index in [0.717, 1.165) is 24.2 Å². The van der Waals surface area contributed by atoms with Gasteiger partial charge in [0.15, 0.2) is 0 Å². The molecule has 0 heterocycles. The third kappa shape index (κ3) is 4.85. The van der Waals surface area contributed by atoms with Crippen LogP contribution in [0.25, 0.3) is 0 Å². The van der Waals surface area contributed by atoms with Crippen LogP contribution in [0.1, 0.15) is 45.2 Å². The summed E-state index contributed by atoms with van der Waals surface area (Å²) in [6.45, 7) is 6.51. The van der Waals surface area contributed by atoms with Gasteiger partial charge < -0.3 is 15.4 Å². The normalized spacial score (nSPS) is 12.2. The van der Waals surface area contributed by atoms with Crippen molar-refractivity contribution in [1.29, 1.82) is 0 Å². The van der Waals surface area contributed by atoms with Crippen molar-refractivity contribution in [2.45, 2.75) is 45.7 Å². The van der Waals surface area contributed by atoms with Crippen LogP contribution < -0.4 is 15.4 Å². The van der Waals surface area contributed by atoms with Crippen LogP contribution in [0.5, 0.6) is 5.75 Å². The summed E-state index contributed by atoms with van der Waals surface area (Å²) >= 11 is 0. The molecule has 4 heteroatoms. The number of methoxy groups -OCH3 is 1. The number of hydrogen-bond acceptors (Lipinski definition) is 3. The fraction of sp³-hybridized carbons (Fsp3) is 0.562. The summed E-state index contributed by atoms with van der Waals surface area (Å²) in [7, 11) is 1.66. The highest BCUT2D eigenvalue weighted by atomic mass is 16.5. The number of rotatable bonds is 8. The van der Waals surface area contributed by atoms with Crippen LogP contribution >= 0.6 is 0 Å². The zero-order chi connectivity index (χ0) is 15.0. The molecule has 1 rings (SSSR count). The van der Waals surface area contributed by atoms with Gasteiger partial charge in [-0.25, -0.2) is 0 Å². The lowest BCUT2D eigenvalue weighted by Crippen LogP contribution is -2.40. The first-order chi connectivity index (χ1) is 9.62. The van der Waals surface area contributed by atoms with Gasteiger partial charge in [-0.3, -0.25) is 4.79 Å². The lowest BCUT2D eigenvalue weighted by atomic mass is 10.1. The van der Waals surface area contributed by atoms with Crippen molar-refractivity contribution in [3.63, 3.8) is 0 Å². The standard InChI is InChI=1S/C16H26N2O2/c1-5-13(6-2)18-16(19)11-17-12(3)14-9-7-8-10-15(14)20-4/h7-10,12-13,17H,5-6,11H2,1-4H3,(H,18,19)/t12-/m0/s1. The minimum Gasteiger partial charge on any atom is -0.496 e. The second-order valence-electron chi connectivity index (χ2n) is 4.93. The number of benzene rings is 1. The van der Waals surface area contributed by atoms with Gasteiger partial charge in [-0.05, 0) is 25.8 Å². The Labute approximate surface area is 121 Å². The predicted octanol–water partition coefficient (Wildman–Crippen LogP) is 2.65. The molecule has 0 fully saturated rings. The fourth-order valence-corrected chi connectivity index (χ4v) is 2.15. The molecule has 1 amide bonds. The van der Waals surface area contributed by atoms with E-state index in [9.17, 15) is 4.79 Å². The van der Waals surface area contributed by atoms with Gasteiger partial charge in [0.25, 0.3) is 0 Å². The van der Waals surface area contributed by atoms with E-state index in [0.29, 0.717) is 6.54 Å². The molecule has 0 bridgehead atoms. The van der Waals surface area contributed by atoms with Crippen molar-refractivity contribution in [1.82, 2.24) is 10.6 Å². The number of para-hydroxylation sites is 1. The summed E-state index contributed by atoms with van der Waals surface area (Å²) in [5.74, 6) is 0.883. The largest absolute Gasteiger partial charge is 0.496 e. The third-order valence-electron chi connectivity index (χ3n) is 3.52. The van der Waals surface area contributed by atoms with Crippen LogP contribution in [0.4, 0.5) is 0 Å². The molecule has 0 saturated carbocycles. The van der Waals surface area contributed by atoms with Gasteiger partial charge in [-0.2, -0.15) is 0 Å². The number of amides is 1. The lowest BCUT2D eigenvalue weighted by molar-refractivity contribution is -0.121. The smallest absolute Gasteiger partial charge is 0.234 e. The molecule has 0 radical (unpaired) electrons. The Hall–Kier alpha value is -1.55. The van der Waals surface area contributed by atoms with Gasteiger partial charge in [0, 0.05) is 17.6 Å². The molecule has 1 aromatic carbocycles. The summed E-state index contributed by atoms with van der Waals surface area (Å²) in [6.07, 6.45) is 1.93. The van der Waals surface area contributed by atoms with Crippen molar-refractivity contribution in [3.8, 4) is 5.75 Å². The maximum atomic E-state index is 11.9. The van der Waals surface area contributed by atoms with Crippen molar-refractivity contribution in [2.24, 2.45) is 0 Å². The second-order valence-corrected chi connectivity index (χ2v) is 4.93. The topological polar surface area (TPSA) is 50.4 Å². The Kier molecular flexibility index (Phi) is 7.09. The summed E-state index contributed by atoms with van der Waals surface area (Å²) in [5, 5.41) is 6.25. The van der Waals surface area contributed by atoms with Gasteiger partial charge in [-0.15, -0.1) is 0 Å². The maximum Gasteiger partial charge on any atom is 0.234 e. The van der Waals surface area contributed by atoms with Crippen LogP contribution in [0, 0.1) is 0 Å². The number of hydrogen-bond donors (Lipinski definition) is 2. The molecular weight excluding hydrogens is 252 g/mol. The first kappa shape index (κ1) is 16.5. The van der Waals surface area contributed by atoms with E-state index in [-0.39, 0.29) is 18.0 Å².